The number of guanidine groups is 1. The summed E-state index contributed by atoms with van der Waals surface area (Å²) in [5.74, 6) is 2.43. The molecule has 1 aliphatic carbocycles. The van der Waals surface area contributed by atoms with Crippen molar-refractivity contribution in [3.05, 3.63) is 35.9 Å². The summed E-state index contributed by atoms with van der Waals surface area (Å²) in [6.07, 6.45) is 4.98. The van der Waals surface area contributed by atoms with Crippen LogP contribution < -0.4 is 10.6 Å². The molecule has 3 rings (SSSR count). The molecule has 0 aromatic heterocycles. The van der Waals surface area contributed by atoms with E-state index in [0.29, 0.717) is 17.9 Å². The van der Waals surface area contributed by atoms with Crippen LogP contribution in [0.15, 0.2) is 35.3 Å². The first kappa shape index (κ1) is 18.2. The zero-order chi connectivity index (χ0) is 17.5. The fourth-order valence-corrected chi connectivity index (χ4v) is 3.90. The number of hydrogen-bond acceptors (Lipinski definition) is 2. The largest absolute Gasteiger partial charge is 0.357 e. The number of benzene rings is 1. The van der Waals surface area contributed by atoms with Crippen molar-refractivity contribution in [3.63, 3.8) is 0 Å². The number of nitrogens with one attached hydrogen (secondary N) is 2. The van der Waals surface area contributed by atoms with Gasteiger partial charge in [0, 0.05) is 32.2 Å². The van der Waals surface area contributed by atoms with E-state index in [2.05, 4.69) is 59.7 Å². The smallest absolute Gasteiger partial charge is 0.191 e. The summed E-state index contributed by atoms with van der Waals surface area (Å²) in [6.45, 7) is 9.93. The third-order valence-corrected chi connectivity index (χ3v) is 5.45. The van der Waals surface area contributed by atoms with E-state index in [9.17, 15) is 0 Å². The van der Waals surface area contributed by atoms with E-state index in [1.54, 1.807) is 0 Å². The lowest BCUT2D eigenvalue weighted by atomic mass is 10.1. The second-order valence-electron chi connectivity index (χ2n) is 7.49. The molecule has 1 heterocycles. The van der Waals surface area contributed by atoms with Crippen LogP contribution in [0, 0.1) is 5.92 Å². The first-order chi connectivity index (χ1) is 12.3. The molecule has 138 valence electrons. The number of piperidine rings is 1. The highest BCUT2D eigenvalue weighted by molar-refractivity contribution is 5.80. The van der Waals surface area contributed by atoms with Crippen molar-refractivity contribution < 1.29 is 0 Å². The van der Waals surface area contributed by atoms with Gasteiger partial charge in [0.1, 0.15) is 0 Å². The van der Waals surface area contributed by atoms with Crippen molar-refractivity contribution in [3.8, 4) is 0 Å². The van der Waals surface area contributed by atoms with E-state index in [0.717, 1.165) is 19.0 Å². The molecule has 2 atom stereocenters. The molecular weight excluding hydrogens is 308 g/mol. The molecule has 0 radical (unpaired) electrons. The van der Waals surface area contributed by atoms with Crippen molar-refractivity contribution in [2.75, 3.05) is 32.7 Å². The maximum absolute atomic E-state index is 4.88. The first-order valence-electron chi connectivity index (χ1n) is 10.1. The van der Waals surface area contributed by atoms with Gasteiger partial charge >= 0.3 is 0 Å². The molecule has 2 fully saturated rings. The molecule has 1 aromatic carbocycles. The minimum Gasteiger partial charge on any atom is -0.357 e. The second kappa shape index (κ2) is 9.23. The maximum Gasteiger partial charge on any atom is 0.191 e. The molecule has 2 unspecified atom stereocenters. The Balaban J connectivity index is 1.46. The molecule has 0 bridgehead atoms. The molecule has 1 saturated heterocycles. The minimum absolute atomic E-state index is 0.565. The third-order valence-electron chi connectivity index (χ3n) is 5.45. The lowest BCUT2D eigenvalue weighted by Gasteiger charge is -2.32. The molecule has 0 amide bonds. The van der Waals surface area contributed by atoms with Gasteiger partial charge in [-0.15, -0.1) is 0 Å². The average molecular weight is 343 g/mol. The van der Waals surface area contributed by atoms with Crippen molar-refractivity contribution in [1.82, 2.24) is 15.5 Å². The quantitative estimate of drug-likeness (QED) is 0.590. The van der Waals surface area contributed by atoms with E-state index in [4.69, 9.17) is 4.99 Å². The van der Waals surface area contributed by atoms with Crippen molar-refractivity contribution in [2.45, 2.75) is 51.5 Å². The summed E-state index contributed by atoms with van der Waals surface area (Å²) < 4.78 is 0. The molecule has 2 aliphatic rings. The lowest BCUT2D eigenvalue weighted by Crippen LogP contribution is -2.48. The Labute approximate surface area is 153 Å². The van der Waals surface area contributed by atoms with Gasteiger partial charge in [-0.2, -0.15) is 0 Å². The fourth-order valence-electron chi connectivity index (χ4n) is 3.90. The maximum atomic E-state index is 4.88. The first-order valence-corrected chi connectivity index (χ1v) is 10.1. The topological polar surface area (TPSA) is 39.7 Å². The molecule has 1 saturated carbocycles. The summed E-state index contributed by atoms with van der Waals surface area (Å²) in [5.41, 5.74) is 1.48. The predicted octanol–water partition coefficient (Wildman–Crippen LogP) is 3.22. The van der Waals surface area contributed by atoms with Gasteiger partial charge in [0.05, 0.1) is 0 Å². The van der Waals surface area contributed by atoms with Crippen LogP contribution in [0.5, 0.6) is 0 Å². The van der Waals surface area contributed by atoms with Gasteiger partial charge < -0.3 is 15.5 Å². The van der Waals surface area contributed by atoms with Crippen LogP contribution in [0.25, 0.3) is 0 Å². The molecule has 1 aliphatic heterocycles. The fraction of sp³-hybridized carbons (Fsp3) is 0.667. The zero-order valence-electron chi connectivity index (χ0n) is 15.9. The Bertz CT molecular complexity index is 534. The summed E-state index contributed by atoms with van der Waals surface area (Å²) >= 11 is 0. The van der Waals surface area contributed by atoms with Crippen LogP contribution in [0.3, 0.4) is 0 Å². The van der Waals surface area contributed by atoms with Gasteiger partial charge in [0.25, 0.3) is 0 Å². The lowest BCUT2D eigenvalue weighted by molar-refractivity contribution is 0.206. The van der Waals surface area contributed by atoms with E-state index in [1.807, 2.05) is 0 Å². The SMILES string of the molecule is CCCN1CCC(NC(=NCC2CC2c2ccccc2)NCC)CC1. The minimum atomic E-state index is 0.565. The second-order valence-corrected chi connectivity index (χ2v) is 7.49. The number of hydrogen-bond donors (Lipinski definition) is 2. The molecule has 1 aromatic rings. The van der Waals surface area contributed by atoms with E-state index < -0.39 is 0 Å². The van der Waals surface area contributed by atoms with Crippen LogP contribution in [-0.2, 0) is 0 Å². The van der Waals surface area contributed by atoms with E-state index >= 15 is 0 Å². The third kappa shape index (κ3) is 5.46. The number of likely N-dealkylation sites (tertiary alicyclic amines) is 1. The Hall–Kier alpha value is -1.55. The average Bonchev–Trinajstić information content (AvgIpc) is 3.42. The van der Waals surface area contributed by atoms with Crippen LogP contribution in [0.2, 0.25) is 0 Å². The van der Waals surface area contributed by atoms with Crippen LogP contribution in [0.4, 0.5) is 0 Å². The van der Waals surface area contributed by atoms with Crippen molar-refractivity contribution in [1.29, 1.82) is 0 Å². The van der Waals surface area contributed by atoms with E-state index in [1.165, 1.54) is 50.9 Å². The molecular formula is C21H34N4. The molecule has 4 nitrogen and oxygen atoms in total. The zero-order valence-corrected chi connectivity index (χ0v) is 15.9. The van der Waals surface area contributed by atoms with Crippen LogP contribution in [0.1, 0.15) is 51.0 Å². The van der Waals surface area contributed by atoms with Gasteiger partial charge in [-0.1, -0.05) is 37.3 Å². The molecule has 25 heavy (non-hydrogen) atoms. The highest BCUT2D eigenvalue weighted by Gasteiger charge is 2.37. The van der Waals surface area contributed by atoms with Gasteiger partial charge in [0.2, 0.25) is 0 Å². The number of aliphatic imine (C=N–C) groups is 1. The molecule has 0 spiro atoms. The Morgan fingerprint density at radius 3 is 2.60 bits per heavy atom. The van der Waals surface area contributed by atoms with Crippen LogP contribution in [-0.4, -0.2) is 49.6 Å². The van der Waals surface area contributed by atoms with Gasteiger partial charge in [-0.25, -0.2) is 0 Å². The number of rotatable bonds is 7. The van der Waals surface area contributed by atoms with Crippen molar-refractivity contribution in [2.24, 2.45) is 10.9 Å². The highest BCUT2D eigenvalue weighted by Crippen LogP contribution is 2.47. The van der Waals surface area contributed by atoms with Gasteiger partial charge in [-0.05, 0) is 56.6 Å². The van der Waals surface area contributed by atoms with Crippen LogP contribution >= 0.6 is 0 Å². The standard InChI is InChI=1S/C21H34N4/c1-3-12-25-13-10-19(11-14-25)24-21(22-4-2)23-16-18-15-20(18)17-8-6-5-7-9-17/h5-9,18-20H,3-4,10-16H2,1-2H3,(H2,22,23,24). The molecule has 2 N–H and O–H groups in total. The monoisotopic (exact) mass is 342 g/mol. The predicted molar refractivity (Wildman–Crippen MR) is 106 cm³/mol. The molecule has 4 heteroatoms. The normalized spacial score (nSPS) is 25.0. The Morgan fingerprint density at radius 2 is 1.92 bits per heavy atom. The van der Waals surface area contributed by atoms with Gasteiger partial charge in [0.15, 0.2) is 5.96 Å². The van der Waals surface area contributed by atoms with Crippen molar-refractivity contribution >= 4 is 5.96 Å². The summed E-state index contributed by atoms with van der Waals surface area (Å²) in [5, 5.41) is 7.10. The summed E-state index contributed by atoms with van der Waals surface area (Å²) in [4.78, 5) is 7.46. The number of nitrogens with zero attached hydrogens (tertiary/aromatic N) is 2. The van der Waals surface area contributed by atoms with Gasteiger partial charge in [-0.3, -0.25) is 4.99 Å². The summed E-state index contributed by atoms with van der Waals surface area (Å²) in [7, 11) is 0. The highest BCUT2D eigenvalue weighted by atomic mass is 15.2. The Morgan fingerprint density at radius 1 is 1.16 bits per heavy atom. The Kier molecular flexibility index (Phi) is 6.74. The van der Waals surface area contributed by atoms with E-state index in [-0.39, 0.29) is 0 Å². The summed E-state index contributed by atoms with van der Waals surface area (Å²) in [6, 6.07) is 11.5.